The minimum absolute atomic E-state index is 0.113. The summed E-state index contributed by atoms with van der Waals surface area (Å²) in [4.78, 5) is 4.08. The Balaban J connectivity index is 2.38. The van der Waals surface area contributed by atoms with Crippen molar-refractivity contribution in [1.29, 1.82) is 0 Å². The second kappa shape index (κ2) is 4.56. The van der Waals surface area contributed by atoms with Crippen LogP contribution in [0, 0.1) is 18.6 Å². The number of aryl methyl sites for hydroxylation is 1. The Morgan fingerprint density at radius 2 is 1.90 bits per heavy atom. The van der Waals surface area contributed by atoms with Crippen LogP contribution in [0.15, 0.2) is 34.8 Å². The van der Waals surface area contributed by atoms with E-state index in [1.807, 2.05) is 0 Å². The molecule has 0 bridgehead atoms. The Bertz CT molecular complexity index is 827. The molecular formula is C14H10BrF2N3. The molecule has 3 rings (SSSR count). The number of halogens is 3. The van der Waals surface area contributed by atoms with Gasteiger partial charge in [0.15, 0.2) is 0 Å². The molecule has 0 spiro atoms. The SMILES string of the molecule is Cc1cc2c(cc1F)nc(N)n2-c1cc(Br)ccc1F. The molecule has 2 aromatic carbocycles. The number of nitrogens with zero attached hydrogens (tertiary/aromatic N) is 2. The second-order valence-electron chi connectivity index (χ2n) is 4.49. The van der Waals surface area contributed by atoms with Crippen LogP contribution in [0.1, 0.15) is 5.56 Å². The number of hydrogen-bond acceptors (Lipinski definition) is 2. The molecule has 20 heavy (non-hydrogen) atoms. The van der Waals surface area contributed by atoms with Crippen LogP contribution in [0.25, 0.3) is 16.7 Å². The topological polar surface area (TPSA) is 43.8 Å². The van der Waals surface area contributed by atoms with Crippen LogP contribution in [-0.4, -0.2) is 9.55 Å². The van der Waals surface area contributed by atoms with Crippen LogP contribution in [0.5, 0.6) is 0 Å². The van der Waals surface area contributed by atoms with Gasteiger partial charge in [-0.2, -0.15) is 0 Å². The van der Waals surface area contributed by atoms with Crippen molar-refractivity contribution < 1.29 is 8.78 Å². The molecule has 2 N–H and O–H groups in total. The number of anilines is 1. The van der Waals surface area contributed by atoms with Gasteiger partial charge in [-0.25, -0.2) is 13.8 Å². The molecule has 1 heterocycles. The number of nitrogens with two attached hydrogens (primary N) is 1. The average molecular weight is 338 g/mol. The largest absolute Gasteiger partial charge is 0.369 e. The van der Waals surface area contributed by atoms with Crippen molar-refractivity contribution in [2.75, 3.05) is 5.73 Å². The molecule has 0 saturated carbocycles. The van der Waals surface area contributed by atoms with Crippen LogP contribution in [0.3, 0.4) is 0 Å². The molecule has 0 aliphatic heterocycles. The molecule has 102 valence electrons. The Morgan fingerprint density at radius 3 is 2.65 bits per heavy atom. The highest BCUT2D eigenvalue weighted by atomic mass is 79.9. The molecule has 0 unspecified atom stereocenters. The van der Waals surface area contributed by atoms with Crippen molar-refractivity contribution in [3.63, 3.8) is 0 Å². The van der Waals surface area contributed by atoms with Crippen molar-refractivity contribution in [2.45, 2.75) is 6.92 Å². The first-order valence-corrected chi connectivity index (χ1v) is 6.66. The molecule has 3 aromatic rings. The monoisotopic (exact) mass is 337 g/mol. The van der Waals surface area contributed by atoms with Crippen LogP contribution in [-0.2, 0) is 0 Å². The van der Waals surface area contributed by atoms with E-state index in [-0.39, 0.29) is 17.5 Å². The van der Waals surface area contributed by atoms with E-state index in [0.29, 0.717) is 21.1 Å². The fourth-order valence-corrected chi connectivity index (χ4v) is 2.48. The fraction of sp³-hybridized carbons (Fsp3) is 0.0714. The molecule has 0 atom stereocenters. The van der Waals surface area contributed by atoms with Gasteiger partial charge in [-0.3, -0.25) is 4.57 Å². The highest BCUT2D eigenvalue weighted by molar-refractivity contribution is 9.10. The third-order valence-corrected chi connectivity index (χ3v) is 3.60. The molecule has 0 radical (unpaired) electrons. The molecule has 0 amide bonds. The van der Waals surface area contributed by atoms with Gasteiger partial charge in [0.05, 0.1) is 16.7 Å². The lowest BCUT2D eigenvalue weighted by atomic mass is 10.2. The highest BCUT2D eigenvalue weighted by Crippen LogP contribution is 2.28. The van der Waals surface area contributed by atoms with Gasteiger partial charge in [0.1, 0.15) is 11.6 Å². The van der Waals surface area contributed by atoms with Crippen molar-refractivity contribution >= 4 is 32.9 Å². The predicted octanol–water partition coefficient (Wildman–Crippen LogP) is 3.96. The summed E-state index contributed by atoms with van der Waals surface area (Å²) in [6, 6.07) is 7.44. The van der Waals surface area contributed by atoms with Gasteiger partial charge in [0, 0.05) is 10.5 Å². The third kappa shape index (κ3) is 1.96. The van der Waals surface area contributed by atoms with E-state index in [0.717, 1.165) is 0 Å². The van der Waals surface area contributed by atoms with Crippen molar-refractivity contribution in [3.8, 4) is 5.69 Å². The third-order valence-electron chi connectivity index (χ3n) is 3.11. The molecule has 0 fully saturated rings. The zero-order valence-electron chi connectivity index (χ0n) is 10.5. The lowest BCUT2D eigenvalue weighted by molar-refractivity contribution is 0.618. The maximum Gasteiger partial charge on any atom is 0.206 e. The van der Waals surface area contributed by atoms with Gasteiger partial charge in [-0.05, 0) is 36.8 Å². The first-order valence-electron chi connectivity index (χ1n) is 5.87. The summed E-state index contributed by atoms with van der Waals surface area (Å²) in [6.07, 6.45) is 0. The van der Waals surface area contributed by atoms with Crippen molar-refractivity contribution in [3.05, 3.63) is 52.0 Å². The maximum atomic E-state index is 14.0. The average Bonchev–Trinajstić information content (AvgIpc) is 2.69. The summed E-state index contributed by atoms with van der Waals surface area (Å²) in [5, 5.41) is 0. The second-order valence-corrected chi connectivity index (χ2v) is 5.41. The van der Waals surface area contributed by atoms with Crippen LogP contribution < -0.4 is 5.73 Å². The molecule has 3 nitrogen and oxygen atoms in total. The number of benzene rings is 2. The number of rotatable bonds is 1. The zero-order valence-corrected chi connectivity index (χ0v) is 12.1. The smallest absolute Gasteiger partial charge is 0.206 e. The molecule has 0 saturated heterocycles. The summed E-state index contributed by atoms with van der Waals surface area (Å²) >= 11 is 3.30. The normalized spacial score (nSPS) is 11.2. The minimum Gasteiger partial charge on any atom is -0.369 e. The van der Waals surface area contributed by atoms with Gasteiger partial charge >= 0.3 is 0 Å². The molecule has 0 aliphatic rings. The molecule has 6 heteroatoms. The zero-order chi connectivity index (χ0) is 14.4. The number of nitrogen functional groups attached to an aromatic ring is 1. The van der Waals surface area contributed by atoms with E-state index < -0.39 is 5.82 Å². The quantitative estimate of drug-likeness (QED) is 0.730. The number of fused-ring (bicyclic) bond motifs is 1. The van der Waals surface area contributed by atoms with Crippen molar-refractivity contribution in [1.82, 2.24) is 9.55 Å². The van der Waals surface area contributed by atoms with E-state index >= 15 is 0 Å². The van der Waals surface area contributed by atoms with E-state index in [1.165, 1.54) is 16.7 Å². The fourth-order valence-electron chi connectivity index (χ4n) is 2.13. The van der Waals surface area contributed by atoms with Crippen molar-refractivity contribution in [2.24, 2.45) is 0 Å². The Labute approximate surface area is 122 Å². The number of hydrogen-bond donors (Lipinski definition) is 1. The molecule has 1 aromatic heterocycles. The standard InChI is InChI=1S/C14H10BrF2N3/c1-7-4-13-11(6-10(7)17)19-14(18)20(13)12-5-8(15)2-3-9(12)16/h2-6H,1H3,(H2,18,19). The van der Waals surface area contributed by atoms with Gasteiger partial charge in [-0.15, -0.1) is 0 Å². The van der Waals surface area contributed by atoms with Crippen LogP contribution in [0.2, 0.25) is 0 Å². The van der Waals surface area contributed by atoms with Gasteiger partial charge in [0.2, 0.25) is 5.95 Å². The van der Waals surface area contributed by atoms with E-state index in [2.05, 4.69) is 20.9 Å². The Kier molecular flexibility index (Phi) is 2.97. The Morgan fingerprint density at radius 1 is 1.15 bits per heavy atom. The van der Waals surface area contributed by atoms with Gasteiger partial charge in [0.25, 0.3) is 0 Å². The summed E-state index contributed by atoms with van der Waals surface area (Å²) in [5.41, 5.74) is 7.54. The van der Waals surface area contributed by atoms with E-state index in [4.69, 9.17) is 5.73 Å². The van der Waals surface area contributed by atoms with Gasteiger partial charge < -0.3 is 5.73 Å². The van der Waals surface area contributed by atoms with Crippen LogP contribution >= 0.6 is 15.9 Å². The summed E-state index contributed by atoms with van der Waals surface area (Å²) < 4.78 is 29.8. The summed E-state index contributed by atoms with van der Waals surface area (Å²) in [5.74, 6) is -0.681. The van der Waals surface area contributed by atoms with E-state index in [9.17, 15) is 8.78 Å². The maximum absolute atomic E-state index is 14.0. The summed E-state index contributed by atoms with van der Waals surface area (Å²) in [7, 11) is 0. The predicted molar refractivity (Wildman–Crippen MR) is 77.8 cm³/mol. The molecule has 0 aliphatic carbocycles. The van der Waals surface area contributed by atoms with Crippen LogP contribution in [0.4, 0.5) is 14.7 Å². The minimum atomic E-state index is -0.429. The first-order chi connectivity index (χ1) is 9.47. The number of aromatic nitrogens is 2. The first kappa shape index (κ1) is 13.1. The molecular weight excluding hydrogens is 328 g/mol. The van der Waals surface area contributed by atoms with E-state index in [1.54, 1.807) is 25.1 Å². The lowest BCUT2D eigenvalue weighted by Gasteiger charge is -2.09. The highest BCUT2D eigenvalue weighted by Gasteiger charge is 2.15. The lowest BCUT2D eigenvalue weighted by Crippen LogP contribution is -2.03. The summed E-state index contributed by atoms with van der Waals surface area (Å²) in [6.45, 7) is 1.64. The van der Waals surface area contributed by atoms with Gasteiger partial charge in [-0.1, -0.05) is 15.9 Å². The Hall–Kier alpha value is -1.95. The number of imidazole rings is 1.